The van der Waals surface area contributed by atoms with Gasteiger partial charge in [0.1, 0.15) is 13.2 Å². The number of allylic oxidation sites excluding steroid dienone is 26. The summed E-state index contributed by atoms with van der Waals surface area (Å²) in [4.78, 5) is 38.4. The van der Waals surface area contributed by atoms with Crippen molar-refractivity contribution in [1.82, 2.24) is 0 Å². The summed E-state index contributed by atoms with van der Waals surface area (Å²) in [5.74, 6) is -0.959. The van der Waals surface area contributed by atoms with Gasteiger partial charge >= 0.3 is 17.9 Å². The molecule has 0 bridgehead atoms. The lowest BCUT2D eigenvalue weighted by molar-refractivity contribution is -0.167. The summed E-state index contributed by atoms with van der Waals surface area (Å²) < 4.78 is 16.9. The summed E-state index contributed by atoms with van der Waals surface area (Å²) in [5.41, 5.74) is 0. The van der Waals surface area contributed by atoms with Crippen molar-refractivity contribution in [2.75, 3.05) is 13.2 Å². The highest BCUT2D eigenvalue weighted by Gasteiger charge is 2.19. The summed E-state index contributed by atoms with van der Waals surface area (Å²) in [7, 11) is 0. The second-order valence-electron chi connectivity index (χ2n) is 21.2. The highest BCUT2D eigenvalue weighted by molar-refractivity contribution is 5.71. The zero-order valence-electron chi connectivity index (χ0n) is 52.2. The second kappa shape index (κ2) is 67.5. The quantitative estimate of drug-likeness (QED) is 0.0261. The number of unbranched alkanes of at least 4 members (excludes halogenated alkanes) is 21. The molecule has 0 N–H and O–H groups in total. The van der Waals surface area contributed by atoms with Crippen molar-refractivity contribution >= 4 is 17.9 Å². The molecule has 0 aromatic rings. The molecule has 0 aliphatic rings. The van der Waals surface area contributed by atoms with E-state index in [0.29, 0.717) is 25.7 Å². The van der Waals surface area contributed by atoms with Crippen LogP contribution in [0.3, 0.4) is 0 Å². The van der Waals surface area contributed by atoms with E-state index < -0.39 is 6.10 Å². The number of esters is 3. The monoisotopic (exact) mass is 1120 g/mol. The minimum absolute atomic E-state index is 0.103. The van der Waals surface area contributed by atoms with Crippen molar-refractivity contribution in [2.45, 2.75) is 284 Å². The van der Waals surface area contributed by atoms with Crippen molar-refractivity contribution in [3.8, 4) is 0 Å². The molecule has 0 saturated heterocycles. The van der Waals surface area contributed by atoms with Crippen molar-refractivity contribution in [3.05, 3.63) is 158 Å². The zero-order chi connectivity index (χ0) is 58.5. The highest BCUT2D eigenvalue weighted by atomic mass is 16.6. The summed E-state index contributed by atoms with van der Waals surface area (Å²) in [6.07, 6.45) is 98.2. The van der Waals surface area contributed by atoms with Gasteiger partial charge in [-0.1, -0.05) is 275 Å². The van der Waals surface area contributed by atoms with Crippen LogP contribution < -0.4 is 0 Å². The fourth-order valence-electron chi connectivity index (χ4n) is 8.69. The Bertz CT molecular complexity index is 1810. The Hall–Kier alpha value is -4.97. The Kier molecular flexibility index (Phi) is 63.4. The number of rotatable bonds is 58. The maximum atomic E-state index is 12.9. The Balaban J connectivity index is 4.43. The first kappa shape index (κ1) is 76.0. The van der Waals surface area contributed by atoms with E-state index in [-0.39, 0.29) is 31.1 Å². The van der Waals surface area contributed by atoms with Crippen LogP contribution in [0.25, 0.3) is 0 Å². The standard InChI is InChI=1S/C75H120O6/c1-4-7-10-13-16-19-22-25-28-30-32-34-36-37-39-40-42-44-47-50-53-56-59-62-65-68-74(77)80-71-72(70-79-73(76)67-64-61-58-55-52-49-46-27-24-21-18-15-12-9-6-3)81-75(78)69-66-63-60-57-54-51-48-45-43-41-38-35-33-31-29-26-23-20-17-14-11-8-5-2/h7-12,16-21,25-29,32-35,41,43,46,52,55,72H,4-6,13-15,22-24,30-31,36-40,42,44-45,47-51,53-54,56-71H2,1-3H3/b10-7-,11-8-,12-9-,19-16-,20-17-,21-18-,28-25-,29-26-,34-32-,35-33-,43-41-,46-27-,55-52-. The largest absolute Gasteiger partial charge is 0.462 e. The molecule has 0 radical (unpaired) electrons. The van der Waals surface area contributed by atoms with Gasteiger partial charge in [-0.15, -0.1) is 0 Å². The topological polar surface area (TPSA) is 78.9 Å². The van der Waals surface area contributed by atoms with Crippen LogP contribution in [-0.4, -0.2) is 37.2 Å². The minimum atomic E-state index is -0.811. The average molecular weight is 1120 g/mol. The molecule has 0 aliphatic carbocycles. The summed E-state index contributed by atoms with van der Waals surface area (Å²) in [5, 5.41) is 0. The molecule has 1 atom stereocenters. The molecule has 81 heavy (non-hydrogen) atoms. The Morgan fingerprint density at radius 2 is 0.444 bits per heavy atom. The van der Waals surface area contributed by atoms with Crippen LogP contribution in [0.4, 0.5) is 0 Å². The van der Waals surface area contributed by atoms with Gasteiger partial charge in [0.2, 0.25) is 0 Å². The molecule has 1 unspecified atom stereocenters. The number of hydrogen-bond acceptors (Lipinski definition) is 6. The maximum Gasteiger partial charge on any atom is 0.306 e. The van der Waals surface area contributed by atoms with Crippen molar-refractivity contribution in [2.24, 2.45) is 0 Å². The second-order valence-corrected chi connectivity index (χ2v) is 21.2. The third kappa shape index (κ3) is 65.7. The maximum absolute atomic E-state index is 12.9. The molecular weight excluding hydrogens is 997 g/mol. The minimum Gasteiger partial charge on any atom is -0.462 e. The van der Waals surface area contributed by atoms with E-state index in [0.717, 1.165) is 148 Å². The van der Waals surface area contributed by atoms with Gasteiger partial charge in [0.25, 0.3) is 0 Å². The zero-order valence-corrected chi connectivity index (χ0v) is 52.2. The number of carbonyl (C=O) groups is 3. The molecule has 0 saturated carbocycles. The van der Waals surface area contributed by atoms with Crippen LogP contribution >= 0.6 is 0 Å². The van der Waals surface area contributed by atoms with Crippen molar-refractivity contribution in [3.63, 3.8) is 0 Å². The summed E-state index contributed by atoms with van der Waals surface area (Å²) in [6.45, 7) is 6.26. The average Bonchev–Trinajstić information content (AvgIpc) is 3.47. The van der Waals surface area contributed by atoms with Crippen molar-refractivity contribution < 1.29 is 28.6 Å². The van der Waals surface area contributed by atoms with E-state index in [1.165, 1.54) is 83.5 Å². The molecule has 0 aromatic carbocycles. The third-order valence-electron chi connectivity index (χ3n) is 13.5. The molecule has 0 heterocycles. The van der Waals surface area contributed by atoms with Gasteiger partial charge in [-0.2, -0.15) is 0 Å². The third-order valence-corrected chi connectivity index (χ3v) is 13.5. The predicted molar refractivity (Wildman–Crippen MR) is 352 cm³/mol. The van der Waals surface area contributed by atoms with E-state index in [4.69, 9.17) is 14.2 Å². The molecule has 0 amide bonds. The molecule has 0 aliphatic heterocycles. The molecule has 0 rings (SSSR count). The van der Waals surface area contributed by atoms with Crippen LogP contribution in [0.15, 0.2) is 158 Å². The van der Waals surface area contributed by atoms with Gasteiger partial charge in [-0.25, -0.2) is 0 Å². The molecule has 456 valence electrons. The van der Waals surface area contributed by atoms with E-state index >= 15 is 0 Å². The molecular formula is C75H120O6. The van der Waals surface area contributed by atoms with Gasteiger partial charge in [0, 0.05) is 19.3 Å². The van der Waals surface area contributed by atoms with Gasteiger partial charge in [-0.05, 0) is 141 Å². The van der Waals surface area contributed by atoms with Gasteiger partial charge in [0.15, 0.2) is 6.10 Å². The lowest BCUT2D eigenvalue weighted by atomic mass is 10.0. The normalized spacial score (nSPS) is 13.2. The highest BCUT2D eigenvalue weighted by Crippen LogP contribution is 2.15. The van der Waals surface area contributed by atoms with Crippen LogP contribution in [0, 0.1) is 0 Å². The summed E-state index contributed by atoms with van der Waals surface area (Å²) >= 11 is 0. The summed E-state index contributed by atoms with van der Waals surface area (Å²) in [6, 6.07) is 0. The number of hydrogen-bond donors (Lipinski definition) is 0. The van der Waals surface area contributed by atoms with Crippen LogP contribution in [0.5, 0.6) is 0 Å². The van der Waals surface area contributed by atoms with Crippen LogP contribution in [0.2, 0.25) is 0 Å². The van der Waals surface area contributed by atoms with Crippen LogP contribution in [-0.2, 0) is 28.6 Å². The first-order valence-electron chi connectivity index (χ1n) is 33.0. The SMILES string of the molecule is CC/C=C\C/C=C\C/C=C\C/C=C\C/C=C\CCCCCCCCCC(=O)OC(COC(=O)CCCC/C=C\C/C=C\C/C=C\C/C=C\CC)COC(=O)CCCCCCCCCCCCCC/C=C\C/C=C\C/C=C\C/C=C\CC. The molecule has 6 heteroatoms. The van der Waals surface area contributed by atoms with E-state index in [1.807, 2.05) is 0 Å². The molecule has 0 aromatic heterocycles. The van der Waals surface area contributed by atoms with E-state index in [9.17, 15) is 14.4 Å². The first-order valence-corrected chi connectivity index (χ1v) is 33.0. The molecule has 0 fully saturated rings. The van der Waals surface area contributed by atoms with E-state index in [1.54, 1.807) is 0 Å². The Morgan fingerprint density at radius 3 is 0.716 bits per heavy atom. The fraction of sp³-hybridized carbons (Fsp3) is 0.613. The van der Waals surface area contributed by atoms with Crippen LogP contribution in [0.1, 0.15) is 278 Å². The van der Waals surface area contributed by atoms with Gasteiger partial charge < -0.3 is 14.2 Å². The number of carbonyl (C=O) groups excluding carboxylic acids is 3. The Morgan fingerprint density at radius 1 is 0.247 bits per heavy atom. The smallest absolute Gasteiger partial charge is 0.306 e. The van der Waals surface area contributed by atoms with Gasteiger partial charge in [-0.3, -0.25) is 14.4 Å². The first-order chi connectivity index (χ1) is 40.0. The Labute approximate surface area is 499 Å². The molecule has 0 spiro atoms. The lowest BCUT2D eigenvalue weighted by Crippen LogP contribution is -2.30. The predicted octanol–water partition coefficient (Wildman–Crippen LogP) is 22.9. The van der Waals surface area contributed by atoms with E-state index in [2.05, 4.69) is 179 Å². The molecule has 6 nitrogen and oxygen atoms in total. The lowest BCUT2D eigenvalue weighted by Gasteiger charge is -2.18. The fourth-order valence-corrected chi connectivity index (χ4v) is 8.69. The van der Waals surface area contributed by atoms with Crippen molar-refractivity contribution in [1.29, 1.82) is 0 Å². The van der Waals surface area contributed by atoms with Gasteiger partial charge in [0.05, 0.1) is 0 Å². The number of ether oxygens (including phenoxy) is 3.